The number of hydrogen-bond donors (Lipinski definition) is 2. The van der Waals surface area contributed by atoms with Gasteiger partial charge in [0.15, 0.2) is 17.1 Å². The highest BCUT2D eigenvalue weighted by molar-refractivity contribution is 5.98. The third kappa shape index (κ3) is 4.15. The van der Waals surface area contributed by atoms with Gasteiger partial charge in [0.25, 0.3) is 5.91 Å². The minimum absolute atomic E-state index is 0.127. The minimum atomic E-state index is -0.127. The molecule has 3 rings (SSSR count). The van der Waals surface area contributed by atoms with Crippen molar-refractivity contribution >= 4 is 16.9 Å². The number of benzene rings is 1. The number of rotatable bonds is 7. The lowest BCUT2D eigenvalue weighted by Gasteiger charge is -2.22. The Hall–Kier alpha value is -2.01. The Bertz CT molecular complexity index is 717. The zero-order chi connectivity index (χ0) is 17.6. The fourth-order valence-corrected chi connectivity index (χ4v) is 3.48. The van der Waals surface area contributed by atoms with Crippen molar-refractivity contribution in [1.82, 2.24) is 10.6 Å². The van der Waals surface area contributed by atoms with Crippen molar-refractivity contribution in [1.29, 1.82) is 0 Å². The lowest BCUT2D eigenvalue weighted by atomic mass is 9.95. The molecule has 1 aromatic heterocycles. The van der Waals surface area contributed by atoms with Gasteiger partial charge in [-0.05, 0) is 43.5 Å². The van der Waals surface area contributed by atoms with E-state index < -0.39 is 0 Å². The van der Waals surface area contributed by atoms with Gasteiger partial charge in [-0.2, -0.15) is 0 Å². The van der Waals surface area contributed by atoms with Crippen LogP contribution in [0.5, 0.6) is 5.75 Å². The van der Waals surface area contributed by atoms with Crippen LogP contribution in [-0.4, -0.2) is 25.6 Å². The number of fused-ring (bicyclic) bond motifs is 1. The van der Waals surface area contributed by atoms with Gasteiger partial charge in [-0.3, -0.25) is 4.79 Å². The molecule has 5 heteroatoms. The van der Waals surface area contributed by atoms with Crippen molar-refractivity contribution in [3.8, 4) is 5.75 Å². The second-order valence-corrected chi connectivity index (χ2v) is 6.77. The van der Waals surface area contributed by atoms with Crippen molar-refractivity contribution in [2.24, 2.45) is 0 Å². The van der Waals surface area contributed by atoms with Gasteiger partial charge in [0.1, 0.15) is 0 Å². The molecule has 0 atom stereocenters. The summed E-state index contributed by atoms with van der Waals surface area (Å²) in [5.41, 5.74) is 1.76. The Morgan fingerprint density at radius 3 is 2.80 bits per heavy atom. The van der Waals surface area contributed by atoms with Crippen molar-refractivity contribution in [3.63, 3.8) is 0 Å². The third-order valence-corrected chi connectivity index (χ3v) is 4.86. The van der Waals surface area contributed by atoms with E-state index in [1.165, 1.54) is 19.3 Å². The number of amides is 1. The highest BCUT2D eigenvalue weighted by Crippen LogP contribution is 2.32. The van der Waals surface area contributed by atoms with Crippen molar-refractivity contribution in [2.75, 3.05) is 13.7 Å². The molecule has 1 aliphatic rings. The maximum atomic E-state index is 12.6. The van der Waals surface area contributed by atoms with Gasteiger partial charge in [0.05, 0.1) is 7.11 Å². The molecule has 1 heterocycles. The minimum Gasteiger partial charge on any atom is -0.493 e. The Labute approximate surface area is 149 Å². The van der Waals surface area contributed by atoms with E-state index in [1.807, 2.05) is 18.2 Å². The molecule has 136 valence electrons. The fraction of sp³-hybridized carbons (Fsp3) is 0.550. The number of hydrogen-bond acceptors (Lipinski definition) is 4. The van der Waals surface area contributed by atoms with Gasteiger partial charge in [-0.1, -0.05) is 32.3 Å². The summed E-state index contributed by atoms with van der Waals surface area (Å²) in [5, 5.41) is 7.46. The number of nitrogens with one attached hydrogen (secondary N) is 2. The average molecular weight is 344 g/mol. The van der Waals surface area contributed by atoms with Crippen LogP contribution in [0, 0.1) is 0 Å². The monoisotopic (exact) mass is 344 g/mol. The molecule has 1 fully saturated rings. The zero-order valence-corrected chi connectivity index (χ0v) is 15.2. The van der Waals surface area contributed by atoms with Gasteiger partial charge in [-0.15, -0.1) is 0 Å². The van der Waals surface area contributed by atoms with E-state index in [2.05, 4.69) is 17.6 Å². The molecular formula is C20H28N2O3. The van der Waals surface area contributed by atoms with Crippen molar-refractivity contribution < 1.29 is 13.9 Å². The second-order valence-electron chi connectivity index (χ2n) is 6.77. The number of furan rings is 1. The molecule has 1 amide bonds. The first kappa shape index (κ1) is 17.8. The first-order valence-electron chi connectivity index (χ1n) is 9.34. The molecule has 0 unspecified atom stereocenters. The van der Waals surface area contributed by atoms with E-state index in [0.717, 1.165) is 43.3 Å². The molecule has 1 aliphatic carbocycles. The maximum absolute atomic E-state index is 12.6. The summed E-state index contributed by atoms with van der Waals surface area (Å²) in [6, 6.07) is 6.04. The summed E-state index contributed by atoms with van der Waals surface area (Å²) in [6.07, 6.45) is 6.84. The molecular weight excluding hydrogens is 316 g/mol. The molecule has 0 aliphatic heterocycles. The molecule has 2 aromatic rings. The van der Waals surface area contributed by atoms with E-state index in [4.69, 9.17) is 9.15 Å². The van der Waals surface area contributed by atoms with Crippen LogP contribution < -0.4 is 15.4 Å². The predicted molar refractivity (Wildman–Crippen MR) is 99.1 cm³/mol. The Morgan fingerprint density at radius 2 is 2.08 bits per heavy atom. The summed E-state index contributed by atoms with van der Waals surface area (Å²) in [7, 11) is 1.62. The molecule has 1 aromatic carbocycles. The Kier molecular flexibility index (Phi) is 5.97. The van der Waals surface area contributed by atoms with Gasteiger partial charge >= 0.3 is 0 Å². The quantitative estimate of drug-likeness (QED) is 0.745. The van der Waals surface area contributed by atoms with Gasteiger partial charge in [0, 0.05) is 18.0 Å². The van der Waals surface area contributed by atoms with Crippen LogP contribution in [0.3, 0.4) is 0 Å². The molecule has 2 N–H and O–H groups in total. The van der Waals surface area contributed by atoms with Crippen LogP contribution in [0.4, 0.5) is 0 Å². The molecule has 0 radical (unpaired) electrons. The van der Waals surface area contributed by atoms with E-state index in [1.54, 1.807) is 7.11 Å². The van der Waals surface area contributed by atoms with Crippen LogP contribution in [0.2, 0.25) is 0 Å². The van der Waals surface area contributed by atoms with Crippen molar-refractivity contribution in [2.45, 2.75) is 58.0 Å². The summed E-state index contributed by atoms with van der Waals surface area (Å²) >= 11 is 0. The first-order chi connectivity index (χ1) is 12.2. The summed E-state index contributed by atoms with van der Waals surface area (Å²) < 4.78 is 11.3. The van der Waals surface area contributed by atoms with Gasteiger partial charge in [-0.25, -0.2) is 0 Å². The van der Waals surface area contributed by atoms with Crippen LogP contribution >= 0.6 is 0 Å². The number of ether oxygens (including phenoxy) is 1. The van der Waals surface area contributed by atoms with E-state index in [0.29, 0.717) is 17.1 Å². The van der Waals surface area contributed by atoms with E-state index >= 15 is 0 Å². The Morgan fingerprint density at radius 1 is 1.28 bits per heavy atom. The van der Waals surface area contributed by atoms with Gasteiger partial charge < -0.3 is 19.8 Å². The predicted octanol–water partition coefficient (Wildman–Crippen LogP) is 4.00. The van der Waals surface area contributed by atoms with Crippen LogP contribution in [-0.2, 0) is 6.54 Å². The Balaban J connectivity index is 1.83. The fourth-order valence-electron chi connectivity index (χ4n) is 3.48. The largest absolute Gasteiger partial charge is 0.493 e. The lowest BCUT2D eigenvalue weighted by Crippen LogP contribution is -2.35. The molecule has 0 saturated heterocycles. The molecule has 1 saturated carbocycles. The SMILES string of the molecule is CCCNCc1ccc(OC)c2oc(C(=O)NC3CCCCC3)cc12. The standard InChI is InChI=1S/C20H28N2O3/c1-3-11-21-13-14-9-10-17(24-2)19-16(14)12-18(25-19)20(23)22-15-7-5-4-6-8-15/h9-10,12,15,21H,3-8,11,13H2,1-2H3,(H,22,23). The van der Waals surface area contributed by atoms with Crippen LogP contribution in [0.25, 0.3) is 11.0 Å². The molecule has 25 heavy (non-hydrogen) atoms. The molecule has 5 nitrogen and oxygen atoms in total. The molecule has 0 bridgehead atoms. The highest BCUT2D eigenvalue weighted by Gasteiger charge is 2.21. The zero-order valence-electron chi connectivity index (χ0n) is 15.2. The number of carbonyl (C=O) groups is 1. The third-order valence-electron chi connectivity index (χ3n) is 4.86. The smallest absolute Gasteiger partial charge is 0.287 e. The number of methoxy groups -OCH3 is 1. The molecule has 0 spiro atoms. The maximum Gasteiger partial charge on any atom is 0.287 e. The normalized spacial score (nSPS) is 15.4. The van der Waals surface area contributed by atoms with E-state index in [9.17, 15) is 4.79 Å². The van der Waals surface area contributed by atoms with Crippen LogP contribution in [0.1, 0.15) is 61.6 Å². The van der Waals surface area contributed by atoms with Crippen LogP contribution in [0.15, 0.2) is 22.6 Å². The number of carbonyl (C=O) groups excluding carboxylic acids is 1. The summed E-state index contributed by atoms with van der Waals surface area (Å²) in [4.78, 5) is 12.6. The average Bonchev–Trinajstić information content (AvgIpc) is 3.09. The lowest BCUT2D eigenvalue weighted by molar-refractivity contribution is 0.0901. The van der Waals surface area contributed by atoms with Crippen molar-refractivity contribution in [3.05, 3.63) is 29.5 Å². The summed E-state index contributed by atoms with van der Waals surface area (Å²) in [5.74, 6) is 0.894. The second kappa shape index (κ2) is 8.39. The topological polar surface area (TPSA) is 63.5 Å². The highest BCUT2D eigenvalue weighted by atomic mass is 16.5. The van der Waals surface area contributed by atoms with Gasteiger partial charge in [0.2, 0.25) is 0 Å². The van der Waals surface area contributed by atoms with E-state index in [-0.39, 0.29) is 11.9 Å². The first-order valence-corrected chi connectivity index (χ1v) is 9.34. The summed E-state index contributed by atoms with van der Waals surface area (Å²) in [6.45, 7) is 3.85.